The number of ether oxygens (including phenoxy) is 2. The summed E-state index contributed by atoms with van der Waals surface area (Å²) < 4.78 is 11.7. The maximum atomic E-state index is 11.1. The lowest BCUT2D eigenvalue weighted by atomic mass is 9.87. The molecule has 9 atom stereocenters. The van der Waals surface area contributed by atoms with E-state index >= 15 is 0 Å². The average molecular weight is 426 g/mol. The van der Waals surface area contributed by atoms with E-state index in [1.54, 1.807) is 0 Å². The Bertz CT molecular complexity index is 745. The van der Waals surface area contributed by atoms with E-state index in [0.29, 0.717) is 6.61 Å². The van der Waals surface area contributed by atoms with Crippen molar-refractivity contribution in [2.24, 2.45) is 0 Å². The molecule has 2 saturated heterocycles. The van der Waals surface area contributed by atoms with Crippen LogP contribution in [-0.4, -0.2) is 92.9 Å². The fourth-order valence-electron chi connectivity index (χ4n) is 4.05. The number of hydrogen-bond donors (Lipinski definition) is 6. The second-order valence-electron chi connectivity index (χ2n) is 7.81. The molecule has 8 nitrogen and oxygen atoms in total. The van der Waals surface area contributed by atoms with Crippen LogP contribution in [0.3, 0.4) is 0 Å². The van der Waals surface area contributed by atoms with Crippen molar-refractivity contribution >= 4 is 11.8 Å². The highest BCUT2D eigenvalue weighted by Gasteiger charge is 2.51. The molecule has 29 heavy (non-hydrogen) atoms. The Morgan fingerprint density at radius 3 is 2.48 bits per heavy atom. The highest BCUT2D eigenvalue weighted by Crippen LogP contribution is 2.39. The number of hydrogen-bond acceptors (Lipinski definition) is 9. The first-order valence-electron chi connectivity index (χ1n) is 9.69. The zero-order chi connectivity index (χ0) is 20.7. The molecule has 0 aromatic heterocycles. The maximum absolute atomic E-state index is 11.1. The summed E-state index contributed by atoms with van der Waals surface area (Å²) in [6, 6.07) is 6.64. The maximum Gasteiger partial charge on any atom is 0.172 e. The van der Waals surface area contributed by atoms with E-state index < -0.39 is 55.5 Å². The quantitative estimate of drug-likeness (QED) is 0.326. The molecule has 1 aliphatic carbocycles. The van der Waals surface area contributed by atoms with Crippen LogP contribution >= 0.6 is 11.8 Å². The molecule has 4 rings (SSSR count). The van der Waals surface area contributed by atoms with E-state index in [4.69, 9.17) is 9.47 Å². The Hall–Kier alpha value is -1.01. The van der Waals surface area contributed by atoms with E-state index in [2.05, 4.69) is 5.32 Å². The van der Waals surface area contributed by atoms with Gasteiger partial charge in [-0.15, -0.1) is 11.8 Å². The molecule has 6 N–H and O–H groups in total. The van der Waals surface area contributed by atoms with Gasteiger partial charge in [-0.2, -0.15) is 0 Å². The van der Waals surface area contributed by atoms with E-state index in [0.717, 1.165) is 10.5 Å². The van der Waals surface area contributed by atoms with Gasteiger partial charge in [0.1, 0.15) is 24.4 Å². The van der Waals surface area contributed by atoms with Crippen molar-refractivity contribution in [3.05, 3.63) is 41.5 Å². The average Bonchev–Trinajstić information content (AvgIpc) is 3.16. The minimum Gasteiger partial charge on any atom is -0.392 e. The Kier molecular flexibility index (Phi) is 6.31. The van der Waals surface area contributed by atoms with Gasteiger partial charge in [-0.1, -0.05) is 23.8 Å². The first kappa shape index (κ1) is 21.2. The van der Waals surface area contributed by atoms with Gasteiger partial charge in [0.05, 0.1) is 36.7 Å². The lowest BCUT2D eigenvalue weighted by molar-refractivity contribution is -0.128. The van der Waals surface area contributed by atoms with E-state index in [1.165, 1.54) is 17.8 Å². The summed E-state index contributed by atoms with van der Waals surface area (Å²) in [5.41, 5.74) is 1.36. The summed E-state index contributed by atoms with van der Waals surface area (Å²) in [5, 5.41) is 53.7. The second-order valence-corrected chi connectivity index (χ2v) is 9.06. The predicted octanol–water partition coefficient (Wildman–Crippen LogP) is -1.09. The molecule has 0 saturated carbocycles. The Balaban J connectivity index is 1.52. The minimum atomic E-state index is -1.44. The highest BCUT2D eigenvalue weighted by atomic mass is 32.2. The van der Waals surface area contributed by atoms with Crippen molar-refractivity contribution in [2.45, 2.75) is 66.0 Å². The standard InChI is InChI=1S/C20H27NO7S/c1-9-2-4-11(5-3-9)29-19-17(25)14(13-8-27-20(19)28-13)21-12-6-10(7-22)15(23)18(26)16(12)24/h2-6,12-26H,7-8H2,1H3/t12-,13+,14-,15+,16-,17-,18-,19+,20+/m0/s1. The van der Waals surface area contributed by atoms with Gasteiger partial charge in [0.15, 0.2) is 6.29 Å². The van der Waals surface area contributed by atoms with Crippen molar-refractivity contribution < 1.29 is 35.0 Å². The molecule has 1 aromatic rings. The molecular weight excluding hydrogens is 398 g/mol. The SMILES string of the molecule is Cc1ccc(S[C@H]2[C@@H]3OC[C@@H](O3)[C@H](N[C@H]3C=C(CO)[C@@H](O)[C@H](O)[C@H]3O)[C@@H]2O)cc1. The number of aliphatic hydroxyl groups is 5. The summed E-state index contributed by atoms with van der Waals surface area (Å²) in [5.74, 6) is 0. The molecule has 0 radical (unpaired) electrons. The molecule has 0 amide bonds. The first-order valence-corrected chi connectivity index (χ1v) is 10.6. The third-order valence-electron chi connectivity index (χ3n) is 5.78. The fourth-order valence-corrected chi connectivity index (χ4v) is 5.22. The molecule has 160 valence electrons. The molecule has 3 aliphatic rings. The lowest BCUT2D eigenvalue weighted by Crippen LogP contribution is -2.64. The minimum absolute atomic E-state index is 0.220. The summed E-state index contributed by atoms with van der Waals surface area (Å²) in [7, 11) is 0. The van der Waals surface area contributed by atoms with Crippen molar-refractivity contribution in [1.82, 2.24) is 5.32 Å². The Morgan fingerprint density at radius 1 is 1.07 bits per heavy atom. The largest absolute Gasteiger partial charge is 0.392 e. The van der Waals surface area contributed by atoms with Crippen LogP contribution in [0.4, 0.5) is 0 Å². The molecule has 2 heterocycles. The summed E-state index contributed by atoms with van der Waals surface area (Å²) >= 11 is 1.47. The summed E-state index contributed by atoms with van der Waals surface area (Å²) in [6.45, 7) is 1.87. The van der Waals surface area contributed by atoms with Gasteiger partial charge in [-0.3, -0.25) is 0 Å². The second kappa shape index (κ2) is 8.62. The third kappa shape index (κ3) is 4.12. The Labute approximate surface area is 173 Å². The zero-order valence-corrected chi connectivity index (χ0v) is 16.8. The summed E-state index contributed by atoms with van der Waals surface area (Å²) in [4.78, 5) is 0.981. The lowest BCUT2D eigenvalue weighted by Gasteiger charge is -2.42. The van der Waals surface area contributed by atoms with Gasteiger partial charge in [-0.05, 0) is 24.6 Å². The summed E-state index contributed by atoms with van der Waals surface area (Å²) in [6.07, 6.45) is -4.35. The van der Waals surface area contributed by atoms with Crippen LogP contribution in [0.5, 0.6) is 0 Å². The van der Waals surface area contributed by atoms with Crippen LogP contribution in [0.15, 0.2) is 40.8 Å². The van der Waals surface area contributed by atoms with Crippen LogP contribution in [-0.2, 0) is 9.47 Å². The van der Waals surface area contributed by atoms with Gasteiger partial charge in [0, 0.05) is 4.90 Å². The first-order chi connectivity index (χ1) is 13.9. The highest BCUT2D eigenvalue weighted by molar-refractivity contribution is 8.00. The normalized spacial score (nSPS) is 42.0. The van der Waals surface area contributed by atoms with E-state index in [-0.39, 0.29) is 10.8 Å². The molecule has 2 aliphatic heterocycles. The third-order valence-corrected chi connectivity index (χ3v) is 7.10. The zero-order valence-electron chi connectivity index (χ0n) is 16.0. The smallest absolute Gasteiger partial charge is 0.172 e. The van der Waals surface area contributed by atoms with E-state index in [9.17, 15) is 25.5 Å². The van der Waals surface area contributed by atoms with Gasteiger partial charge >= 0.3 is 0 Å². The number of aryl methyl sites for hydroxylation is 1. The molecule has 1 aromatic carbocycles. The number of nitrogens with one attached hydrogen (secondary N) is 1. The van der Waals surface area contributed by atoms with Gasteiger partial charge in [-0.25, -0.2) is 0 Å². The fraction of sp³-hybridized carbons (Fsp3) is 0.600. The van der Waals surface area contributed by atoms with Crippen molar-refractivity contribution in [1.29, 1.82) is 0 Å². The number of rotatable bonds is 5. The molecule has 2 fully saturated rings. The monoisotopic (exact) mass is 425 g/mol. The molecular formula is C20H27NO7S. The molecule has 9 heteroatoms. The number of thioether (sulfide) groups is 1. The molecule has 0 unspecified atom stereocenters. The van der Waals surface area contributed by atoms with Crippen LogP contribution in [0.1, 0.15) is 5.56 Å². The van der Waals surface area contributed by atoms with E-state index in [1.807, 2.05) is 31.2 Å². The molecule has 2 bridgehead atoms. The van der Waals surface area contributed by atoms with Crippen LogP contribution in [0, 0.1) is 6.92 Å². The molecule has 0 spiro atoms. The predicted molar refractivity (Wildman–Crippen MR) is 105 cm³/mol. The van der Waals surface area contributed by atoms with Crippen molar-refractivity contribution in [3.8, 4) is 0 Å². The van der Waals surface area contributed by atoms with Gasteiger partial charge < -0.3 is 40.3 Å². The van der Waals surface area contributed by atoms with Crippen LogP contribution < -0.4 is 5.32 Å². The Morgan fingerprint density at radius 2 is 1.79 bits per heavy atom. The van der Waals surface area contributed by atoms with Crippen molar-refractivity contribution in [3.63, 3.8) is 0 Å². The van der Waals surface area contributed by atoms with Gasteiger partial charge in [0.2, 0.25) is 0 Å². The van der Waals surface area contributed by atoms with Gasteiger partial charge in [0.25, 0.3) is 0 Å². The van der Waals surface area contributed by atoms with Crippen molar-refractivity contribution in [2.75, 3.05) is 13.2 Å². The number of benzene rings is 1. The number of fused-ring (bicyclic) bond motifs is 2. The topological polar surface area (TPSA) is 132 Å². The number of aliphatic hydroxyl groups excluding tert-OH is 5. The van der Waals surface area contributed by atoms with Crippen LogP contribution in [0.2, 0.25) is 0 Å². The van der Waals surface area contributed by atoms with Crippen LogP contribution in [0.25, 0.3) is 0 Å².